The average Bonchev–Trinajstić information content (AvgIpc) is 2.64. The number of fused-ring (bicyclic) bond motifs is 1. The lowest BCUT2D eigenvalue weighted by Gasteiger charge is -2.24. The third-order valence-electron chi connectivity index (χ3n) is 4.35. The Balaban J connectivity index is 1.50. The zero-order valence-electron chi connectivity index (χ0n) is 14.1. The fraction of sp³-hybridized carbons (Fsp3) is 0.316. The molecular formula is C19H21N3O3. The number of benzene rings is 1. The molecule has 1 atom stereocenters. The fourth-order valence-electron chi connectivity index (χ4n) is 2.98. The molecule has 0 radical (unpaired) electrons. The molecule has 25 heavy (non-hydrogen) atoms. The van der Waals surface area contributed by atoms with E-state index in [1.54, 1.807) is 19.4 Å². The predicted octanol–water partition coefficient (Wildman–Crippen LogP) is 2.30. The molecular weight excluding hydrogens is 318 g/mol. The average molecular weight is 339 g/mol. The first kappa shape index (κ1) is 17.0. The summed E-state index contributed by atoms with van der Waals surface area (Å²) in [7, 11) is 1.55. The summed E-state index contributed by atoms with van der Waals surface area (Å²) in [5.74, 6) is 0.234. The molecule has 0 spiro atoms. The van der Waals surface area contributed by atoms with Crippen molar-refractivity contribution in [2.24, 2.45) is 5.92 Å². The lowest BCUT2D eigenvalue weighted by molar-refractivity contribution is -0.122. The van der Waals surface area contributed by atoms with Crippen LogP contribution in [-0.4, -0.2) is 23.9 Å². The van der Waals surface area contributed by atoms with Crippen molar-refractivity contribution >= 4 is 17.5 Å². The SMILES string of the molecule is COc1ncccc1CNC(=O)CCC1Cc2ccccc2NC1=O. The van der Waals surface area contributed by atoms with E-state index in [4.69, 9.17) is 4.74 Å². The highest BCUT2D eigenvalue weighted by Gasteiger charge is 2.26. The van der Waals surface area contributed by atoms with Gasteiger partial charge >= 0.3 is 0 Å². The number of nitrogens with one attached hydrogen (secondary N) is 2. The van der Waals surface area contributed by atoms with Crippen LogP contribution in [0.25, 0.3) is 0 Å². The topological polar surface area (TPSA) is 80.3 Å². The van der Waals surface area contributed by atoms with Crippen LogP contribution in [0.1, 0.15) is 24.0 Å². The van der Waals surface area contributed by atoms with E-state index in [-0.39, 0.29) is 17.7 Å². The number of carbonyl (C=O) groups is 2. The van der Waals surface area contributed by atoms with E-state index in [9.17, 15) is 9.59 Å². The molecule has 0 bridgehead atoms. The van der Waals surface area contributed by atoms with Crippen molar-refractivity contribution in [1.82, 2.24) is 10.3 Å². The van der Waals surface area contributed by atoms with Crippen LogP contribution in [-0.2, 0) is 22.6 Å². The number of nitrogens with zero attached hydrogens (tertiary/aromatic N) is 1. The summed E-state index contributed by atoms with van der Waals surface area (Å²) in [6.07, 6.45) is 3.15. The van der Waals surface area contributed by atoms with Crippen LogP contribution in [0.4, 0.5) is 5.69 Å². The van der Waals surface area contributed by atoms with Crippen LogP contribution >= 0.6 is 0 Å². The Morgan fingerprint density at radius 1 is 1.32 bits per heavy atom. The summed E-state index contributed by atoms with van der Waals surface area (Å²) in [4.78, 5) is 28.4. The van der Waals surface area contributed by atoms with Crippen molar-refractivity contribution in [1.29, 1.82) is 0 Å². The third-order valence-corrected chi connectivity index (χ3v) is 4.35. The molecule has 3 rings (SSSR count). The van der Waals surface area contributed by atoms with Crippen molar-refractivity contribution in [2.75, 3.05) is 12.4 Å². The van der Waals surface area contributed by atoms with Crippen molar-refractivity contribution in [2.45, 2.75) is 25.8 Å². The van der Waals surface area contributed by atoms with Gasteiger partial charge in [0, 0.05) is 36.3 Å². The van der Waals surface area contributed by atoms with E-state index >= 15 is 0 Å². The quantitative estimate of drug-likeness (QED) is 0.846. The van der Waals surface area contributed by atoms with E-state index < -0.39 is 0 Å². The molecule has 0 aliphatic carbocycles. The normalized spacial score (nSPS) is 15.9. The van der Waals surface area contributed by atoms with Crippen molar-refractivity contribution in [3.8, 4) is 5.88 Å². The second-order valence-corrected chi connectivity index (χ2v) is 6.03. The van der Waals surface area contributed by atoms with Gasteiger partial charge in [0.1, 0.15) is 0 Å². The number of pyridine rings is 1. The predicted molar refractivity (Wildman–Crippen MR) is 94.1 cm³/mol. The van der Waals surface area contributed by atoms with Crippen LogP contribution in [0.3, 0.4) is 0 Å². The molecule has 6 nitrogen and oxygen atoms in total. The smallest absolute Gasteiger partial charge is 0.227 e. The first-order valence-corrected chi connectivity index (χ1v) is 8.30. The maximum absolute atomic E-state index is 12.2. The van der Waals surface area contributed by atoms with Gasteiger partial charge in [0.25, 0.3) is 0 Å². The minimum absolute atomic E-state index is 0.0135. The van der Waals surface area contributed by atoms with Gasteiger partial charge in [-0.15, -0.1) is 0 Å². The molecule has 0 fully saturated rings. The highest BCUT2D eigenvalue weighted by molar-refractivity contribution is 5.96. The number of hydrogen-bond donors (Lipinski definition) is 2. The molecule has 2 aromatic rings. The first-order chi connectivity index (χ1) is 12.2. The van der Waals surface area contributed by atoms with Crippen molar-refractivity contribution in [3.05, 3.63) is 53.7 Å². The molecule has 6 heteroatoms. The Hall–Kier alpha value is -2.89. The minimum Gasteiger partial charge on any atom is -0.481 e. The monoisotopic (exact) mass is 339 g/mol. The van der Waals surface area contributed by atoms with Gasteiger partial charge in [-0.25, -0.2) is 4.98 Å². The number of para-hydroxylation sites is 1. The van der Waals surface area contributed by atoms with Gasteiger partial charge in [-0.05, 0) is 30.5 Å². The van der Waals surface area contributed by atoms with E-state index in [2.05, 4.69) is 15.6 Å². The Morgan fingerprint density at radius 2 is 2.16 bits per heavy atom. The number of hydrogen-bond acceptors (Lipinski definition) is 4. The van der Waals surface area contributed by atoms with E-state index in [1.807, 2.05) is 30.3 Å². The number of methoxy groups -OCH3 is 1. The lowest BCUT2D eigenvalue weighted by atomic mass is 9.89. The maximum Gasteiger partial charge on any atom is 0.227 e. The highest BCUT2D eigenvalue weighted by Crippen LogP contribution is 2.27. The second kappa shape index (κ2) is 7.79. The minimum atomic E-state index is -0.173. The number of anilines is 1. The molecule has 1 aliphatic rings. The van der Waals surface area contributed by atoms with Crippen LogP contribution in [0.5, 0.6) is 5.88 Å². The Morgan fingerprint density at radius 3 is 3.00 bits per heavy atom. The van der Waals surface area contributed by atoms with Crippen LogP contribution in [0.15, 0.2) is 42.6 Å². The molecule has 130 valence electrons. The van der Waals surface area contributed by atoms with Gasteiger partial charge in [-0.3, -0.25) is 9.59 Å². The zero-order valence-corrected chi connectivity index (χ0v) is 14.1. The molecule has 2 amide bonds. The molecule has 1 unspecified atom stereocenters. The van der Waals surface area contributed by atoms with Gasteiger partial charge in [0.05, 0.1) is 7.11 Å². The van der Waals surface area contributed by atoms with Crippen molar-refractivity contribution < 1.29 is 14.3 Å². The van der Waals surface area contributed by atoms with Gasteiger partial charge in [-0.2, -0.15) is 0 Å². The van der Waals surface area contributed by atoms with Crippen LogP contribution in [0.2, 0.25) is 0 Å². The standard InChI is InChI=1S/C19H21N3O3/c1-25-19-15(6-4-10-20-19)12-21-17(23)9-8-14-11-13-5-2-3-7-16(13)22-18(14)24/h2-7,10,14H,8-9,11-12H2,1H3,(H,21,23)(H,22,24). The van der Waals surface area contributed by atoms with E-state index in [1.165, 1.54) is 0 Å². The number of ether oxygens (including phenoxy) is 1. The van der Waals surface area contributed by atoms with E-state index in [0.29, 0.717) is 31.7 Å². The van der Waals surface area contributed by atoms with E-state index in [0.717, 1.165) is 16.8 Å². The van der Waals surface area contributed by atoms with Crippen LogP contribution < -0.4 is 15.4 Å². The molecule has 1 aromatic heterocycles. The zero-order chi connectivity index (χ0) is 17.6. The third kappa shape index (κ3) is 4.15. The summed E-state index contributed by atoms with van der Waals surface area (Å²) in [6.45, 7) is 0.357. The lowest BCUT2D eigenvalue weighted by Crippen LogP contribution is -2.31. The molecule has 1 aliphatic heterocycles. The van der Waals surface area contributed by atoms with Crippen LogP contribution in [0, 0.1) is 5.92 Å². The number of amides is 2. The molecule has 1 aromatic carbocycles. The number of rotatable bonds is 6. The summed E-state index contributed by atoms with van der Waals surface area (Å²) in [5, 5.41) is 5.77. The fourth-order valence-corrected chi connectivity index (χ4v) is 2.98. The van der Waals surface area contributed by atoms with Gasteiger partial charge in [0.15, 0.2) is 0 Å². The van der Waals surface area contributed by atoms with Gasteiger partial charge in [0.2, 0.25) is 17.7 Å². The van der Waals surface area contributed by atoms with Crippen molar-refractivity contribution in [3.63, 3.8) is 0 Å². The second-order valence-electron chi connectivity index (χ2n) is 6.03. The molecule has 2 heterocycles. The Labute approximate surface area is 146 Å². The van der Waals surface area contributed by atoms with Gasteiger partial charge < -0.3 is 15.4 Å². The number of aromatic nitrogens is 1. The number of carbonyl (C=O) groups excluding carboxylic acids is 2. The Bertz CT molecular complexity index is 776. The largest absolute Gasteiger partial charge is 0.481 e. The maximum atomic E-state index is 12.2. The summed E-state index contributed by atoms with van der Waals surface area (Å²) in [6, 6.07) is 11.4. The molecule has 0 saturated carbocycles. The molecule has 2 N–H and O–H groups in total. The Kier molecular flexibility index (Phi) is 5.28. The molecule has 0 saturated heterocycles. The highest BCUT2D eigenvalue weighted by atomic mass is 16.5. The summed E-state index contributed by atoms with van der Waals surface area (Å²) >= 11 is 0. The summed E-state index contributed by atoms with van der Waals surface area (Å²) < 4.78 is 5.16. The summed E-state index contributed by atoms with van der Waals surface area (Å²) in [5.41, 5.74) is 2.81. The first-order valence-electron chi connectivity index (χ1n) is 8.30. The van der Waals surface area contributed by atoms with Gasteiger partial charge in [-0.1, -0.05) is 24.3 Å².